The fraction of sp³-hybridized carbons (Fsp3) is 0.471. The summed E-state index contributed by atoms with van der Waals surface area (Å²) in [6, 6.07) is 8.17. The van der Waals surface area contributed by atoms with Crippen LogP contribution in [-0.2, 0) is 19.0 Å². The Hall–Kier alpha value is -1.32. The van der Waals surface area contributed by atoms with Crippen LogP contribution in [0.5, 0.6) is 0 Å². The lowest BCUT2D eigenvalue weighted by atomic mass is 9.89. The van der Waals surface area contributed by atoms with Gasteiger partial charge in [0.05, 0.1) is 5.69 Å². The van der Waals surface area contributed by atoms with Crippen LogP contribution >= 0.6 is 11.6 Å². The number of aryl methyl sites for hydroxylation is 1. The lowest BCUT2D eigenvalue weighted by Gasteiger charge is -2.19. The molecule has 1 heterocycles. The summed E-state index contributed by atoms with van der Waals surface area (Å²) >= 11 is 6.25. The molecule has 0 spiro atoms. The molecule has 4 heteroatoms. The second kappa shape index (κ2) is 6.20. The van der Waals surface area contributed by atoms with Gasteiger partial charge in [0.1, 0.15) is 0 Å². The molecule has 0 saturated heterocycles. The van der Waals surface area contributed by atoms with Crippen LogP contribution < -0.4 is 5.32 Å². The van der Waals surface area contributed by atoms with Crippen molar-refractivity contribution in [2.45, 2.75) is 45.7 Å². The number of aromatic nitrogens is 2. The summed E-state index contributed by atoms with van der Waals surface area (Å²) in [7, 11) is 1.97. The highest BCUT2D eigenvalue weighted by atomic mass is 35.5. The molecule has 0 fully saturated rings. The molecule has 0 unspecified atom stereocenters. The molecule has 0 radical (unpaired) electrons. The van der Waals surface area contributed by atoms with Gasteiger partial charge in [-0.25, -0.2) is 0 Å². The summed E-state index contributed by atoms with van der Waals surface area (Å²) < 4.78 is 1.89. The van der Waals surface area contributed by atoms with Gasteiger partial charge in [0.15, 0.2) is 0 Å². The Morgan fingerprint density at radius 2 is 1.95 bits per heavy atom. The molecule has 0 saturated carbocycles. The highest BCUT2D eigenvalue weighted by Gasteiger charge is 2.22. The van der Waals surface area contributed by atoms with Gasteiger partial charge < -0.3 is 5.32 Å². The van der Waals surface area contributed by atoms with E-state index in [4.69, 9.17) is 11.6 Å². The monoisotopic (exact) mass is 305 g/mol. The summed E-state index contributed by atoms with van der Waals surface area (Å²) in [6.45, 7) is 9.49. The summed E-state index contributed by atoms with van der Waals surface area (Å²) in [4.78, 5) is 0. The van der Waals surface area contributed by atoms with Gasteiger partial charge in [0.25, 0.3) is 0 Å². The predicted octanol–water partition coefficient (Wildman–Crippen LogP) is 4.22. The molecule has 1 N–H and O–H groups in total. The molecular weight excluding hydrogens is 282 g/mol. The number of nitrogens with one attached hydrogen (secondary N) is 1. The normalized spacial score (nSPS) is 13.4. The second-order valence-electron chi connectivity index (χ2n) is 6.55. The van der Waals surface area contributed by atoms with Gasteiger partial charge in [-0.15, -0.1) is 0 Å². The molecule has 0 aliphatic rings. The van der Waals surface area contributed by atoms with E-state index in [1.165, 1.54) is 5.56 Å². The molecule has 2 aromatic rings. The van der Waals surface area contributed by atoms with Crippen molar-refractivity contribution in [3.05, 3.63) is 52.3 Å². The summed E-state index contributed by atoms with van der Waals surface area (Å²) in [5, 5.41) is 8.95. The van der Waals surface area contributed by atoms with Crippen LogP contribution in [0.15, 0.2) is 30.5 Å². The number of halogens is 1. The van der Waals surface area contributed by atoms with Gasteiger partial charge in [0.2, 0.25) is 0 Å². The molecule has 21 heavy (non-hydrogen) atoms. The van der Waals surface area contributed by atoms with Gasteiger partial charge in [-0.05, 0) is 18.6 Å². The zero-order valence-electron chi connectivity index (χ0n) is 13.4. The van der Waals surface area contributed by atoms with Crippen LogP contribution in [0.3, 0.4) is 0 Å². The first-order valence-corrected chi connectivity index (χ1v) is 7.67. The Balaban J connectivity index is 2.12. The fourth-order valence-electron chi connectivity index (χ4n) is 2.50. The summed E-state index contributed by atoms with van der Waals surface area (Å²) in [5.74, 6) is 0. The SMILES string of the molecule is C[C@@H](NCc1cn(C)nc1C(C)(C)C)c1ccccc1Cl. The average Bonchev–Trinajstić information content (AvgIpc) is 2.78. The lowest BCUT2D eigenvalue weighted by Crippen LogP contribution is -2.21. The number of hydrogen-bond acceptors (Lipinski definition) is 2. The predicted molar refractivity (Wildman–Crippen MR) is 88.6 cm³/mol. The van der Waals surface area contributed by atoms with E-state index in [2.05, 4.69) is 50.4 Å². The van der Waals surface area contributed by atoms with Gasteiger partial charge >= 0.3 is 0 Å². The van der Waals surface area contributed by atoms with Crippen molar-refractivity contribution in [1.82, 2.24) is 15.1 Å². The van der Waals surface area contributed by atoms with Crippen molar-refractivity contribution in [3.8, 4) is 0 Å². The van der Waals surface area contributed by atoms with Crippen molar-refractivity contribution in [2.24, 2.45) is 7.05 Å². The van der Waals surface area contributed by atoms with Crippen molar-refractivity contribution in [2.75, 3.05) is 0 Å². The molecule has 1 atom stereocenters. The van der Waals surface area contributed by atoms with Crippen molar-refractivity contribution >= 4 is 11.6 Å². The van der Waals surface area contributed by atoms with Crippen molar-refractivity contribution in [3.63, 3.8) is 0 Å². The summed E-state index contributed by atoms with van der Waals surface area (Å²) in [5.41, 5.74) is 3.56. The molecule has 1 aromatic heterocycles. The summed E-state index contributed by atoms with van der Waals surface area (Å²) in [6.07, 6.45) is 2.09. The minimum atomic E-state index is 0.0475. The maximum Gasteiger partial charge on any atom is 0.0722 e. The van der Waals surface area contributed by atoms with Crippen LogP contribution in [-0.4, -0.2) is 9.78 Å². The third-order valence-electron chi connectivity index (χ3n) is 3.59. The van der Waals surface area contributed by atoms with E-state index in [9.17, 15) is 0 Å². The molecule has 114 valence electrons. The van der Waals surface area contributed by atoms with Crippen molar-refractivity contribution < 1.29 is 0 Å². The first-order chi connectivity index (χ1) is 9.79. The van der Waals surface area contributed by atoms with E-state index in [0.717, 1.165) is 22.8 Å². The van der Waals surface area contributed by atoms with Gasteiger partial charge in [-0.2, -0.15) is 5.10 Å². The van der Waals surface area contributed by atoms with E-state index in [0.29, 0.717) is 0 Å². The van der Waals surface area contributed by atoms with Crippen LogP contribution in [0.1, 0.15) is 50.6 Å². The average molecular weight is 306 g/mol. The maximum absolute atomic E-state index is 6.25. The largest absolute Gasteiger partial charge is 0.306 e. The van der Waals surface area contributed by atoms with Crippen LogP contribution in [0.2, 0.25) is 5.02 Å². The molecule has 3 nitrogen and oxygen atoms in total. The number of nitrogens with zero attached hydrogens (tertiary/aromatic N) is 2. The van der Waals surface area contributed by atoms with E-state index in [1.807, 2.05) is 29.9 Å². The molecule has 2 rings (SSSR count). The third-order valence-corrected chi connectivity index (χ3v) is 3.93. The number of benzene rings is 1. The molecular formula is C17H24ClN3. The highest BCUT2D eigenvalue weighted by molar-refractivity contribution is 6.31. The van der Waals surface area contributed by atoms with Crippen LogP contribution in [0.25, 0.3) is 0 Å². The topological polar surface area (TPSA) is 29.9 Å². The highest BCUT2D eigenvalue weighted by Crippen LogP contribution is 2.26. The fourth-order valence-corrected chi connectivity index (χ4v) is 2.80. The first kappa shape index (κ1) is 16.1. The van der Waals surface area contributed by atoms with E-state index in [1.54, 1.807) is 0 Å². The second-order valence-corrected chi connectivity index (χ2v) is 6.96. The molecule has 0 amide bonds. The Morgan fingerprint density at radius 3 is 2.57 bits per heavy atom. The molecule has 0 bridgehead atoms. The Labute approximate surface area is 132 Å². The lowest BCUT2D eigenvalue weighted by molar-refractivity contribution is 0.531. The maximum atomic E-state index is 6.25. The van der Waals surface area contributed by atoms with Crippen LogP contribution in [0.4, 0.5) is 0 Å². The van der Waals surface area contributed by atoms with E-state index >= 15 is 0 Å². The van der Waals surface area contributed by atoms with Gasteiger partial charge in [-0.3, -0.25) is 4.68 Å². The minimum Gasteiger partial charge on any atom is -0.306 e. The van der Waals surface area contributed by atoms with Gasteiger partial charge in [0, 0.05) is 41.8 Å². The van der Waals surface area contributed by atoms with Crippen LogP contribution in [0, 0.1) is 0 Å². The third kappa shape index (κ3) is 3.86. The smallest absolute Gasteiger partial charge is 0.0722 e. The Bertz CT molecular complexity index is 611. The van der Waals surface area contributed by atoms with Crippen molar-refractivity contribution in [1.29, 1.82) is 0 Å². The Morgan fingerprint density at radius 1 is 1.29 bits per heavy atom. The molecule has 0 aliphatic heterocycles. The molecule has 1 aromatic carbocycles. The number of hydrogen-bond donors (Lipinski definition) is 1. The van der Waals surface area contributed by atoms with E-state index < -0.39 is 0 Å². The molecule has 0 aliphatic carbocycles. The zero-order valence-corrected chi connectivity index (χ0v) is 14.2. The number of rotatable bonds is 4. The minimum absolute atomic E-state index is 0.0475. The standard InChI is InChI=1S/C17H24ClN3/c1-12(14-8-6-7-9-15(14)18)19-10-13-11-21(5)20-16(13)17(2,3)4/h6-9,11-12,19H,10H2,1-5H3/t12-/m1/s1. The zero-order chi connectivity index (χ0) is 15.6. The quantitative estimate of drug-likeness (QED) is 0.916. The first-order valence-electron chi connectivity index (χ1n) is 7.30. The van der Waals surface area contributed by atoms with Gasteiger partial charge in [-0.1, -0.05) is 50.6 Å². The Kier molecular flexibility index (Phi) is 4.74. The van der Waals surface area contributed by atoms with E-state index in [-0.39, 0.29) is 11.5 Å².